The van der Waals surface area contributed by atoms with Crippen LogP contribution in [-0.4, -0.2) is 43.5 Å². The summed E-state index contributed by atoms with van der Waals surface area (Å²) in [5.74, 6) is -1.29. The Morgan fingerprint density at radius 2 is 1.83 bits per heavy atom. The molecule has 0 fully saturated rings. The van der Waals surface area contributed by atoms with Crippen molar-refractivity contribution in [2.24, 2.45) is 5.92 Å². The molecule has 7 heteroatoms. The highest BCUT2D eigenvalue weighted by Gasteiger charge is 2.15. The van der Waals surface area contributed by atoms with Crippen LogP contribution in [0.5, 0.6) is 0 Å². The van der Waals surface area contributed by atoms with Gasteiger partial charge in [0, 0.05) is 19.4 Å². The zero-order valence-electron chi connectivity index (χ0n) is 10.8. The number of hydrogen-bond acceptors (Lipinski definition) is 4. The number of hydrogen-bond donors (Lipinski definition) is 2. The van der Waals surface area contributed by atoms with Crippen molar-refractivity contribution in [3.8, 4) is 0 Å². The second-order valence-corrected chi connectivity index (χ2v) is 6.83. The van der Waals surface area contributed by atoms with Gasteiger partial charge in [0.25, 0.3) is 0 Å². The predicted octanol–water partition coefficient (Wildman–Crippen LogP) is 0.428. The van der Waals surface area contributed by atoms with Gasteiger partial charge in [0.05, 0.1) is 11.5 Å². The van der Waals surface area contributed by atoms with Crippen LogP contribution in [0, 0.1) is 5.92 Å². The third kappa shape index (κ3) is 10.1. The summed E-state index contributed by atoms with van der Waals surface area (Å²) in [6.45, 7) is 3.88. The van der Waals surface area contributed by atoms with Crippen molar-refractivity contribution in [1.82, 2.24) is 5.32 Å². The molecule has 0 heterocycles. The lowest BCUT2D eigenvalue weighted by Gasteiger charge is -2.07. The average Bonchev–Trinajstić information content (AvgIpc) is 2.19. The van der Waals surface area contributed by atoms with Crippen molar-refractivity contribution in [2.75, 3.05) is 18.1 Å². The molecule has 0 aromatic carbocycles. The zero-order valence-corrected chi connectivity index (χ0v) is 11.6. The molecule has 0 rings (SSSR count). The topological polar surface area (TPSA) is 101 Å². The van der Waals surface area contributed by atoms with E-state index < -0.39 is 15.8 Å². The van der Waals surface area contributed by atoms with Crippen LogP contribution in [0.15, 0.2) is 0 Å². The first-order valence-corrected chi connectivity index (χ1v) is 7.74. The Labute approximate surface area is 108 Å². The minimum absolute atomic E-state index is 0.00801. The maximum absolute atomic E-state index is 11.5. The number of nitrogens with one attached hydrogen (secondary N) is 1. The molecule has 1 amide bonds. The maximum Gasteiger partial charge on any atom is 0.303 e. The maximum atomic E-state index is 11.5. The molecule has 106 valence electrons. The van der Waals surface area contributed by atoms with Gasteiger partial charge in [0.2, 0.25) is 5.91 Å². The molecular weight excluding hydrogens is 258 g/mol. The van der Waals surface area contributed by atoms with Crippen LogP contribution in [0.2, 0.25) is 0 Å². The van der Waals surface area contributed by atoms with Gasteiger partial charge in [-0.15, -0.1) is 0 Å². The van der Waals surface area contributed by atoms with E-state index in [0.29, 0.717) is 6.42 Å². The number of sulfone groups is 1. The number of carbonyl (C=O) groups excluding carboxylic acids is 1. The van der Waals surface area contributed by atoms with Gasteiger partial charge in [-0.25, -0.2) is 8.42 Å². The molecule has 0 aromatic rings. The van der Waals surface area contributed by atoms with Crippen LogP contribution in [0.3, 0.4) is 0 Å². The van der Waals surface area contributed by atoms with Gasteiger partial charge in [-0.3, -0.25) is 9.59 Å². The molecule has 0 atom stereocenters. The Bertz CT molecular complexity index is 375. The summed E-state index contributed by atoms with van der Waals surface area (Å²) >= 11 is 0. The van der Waals surface area contributed by atoms with E-state index >= 15 is 0 Å². The van der Waals surface area contributed by atoms with Gasteiger partial charge < -0.3 is 10.4 Å². The SMILES string of the molecule is CC(C)CS(=O)(=O)CCC(=O)NCCCC(=O)O. The number of carbonyl (C=O) groups is 2. The summed E-state index contributed by atoms with van der Waals surface area (Å²) in [4.78, 5) is 21.5. The smallest absolute Gasteiger partial charge is 0.303 e. The van der Waals surface area contributed by atoms with E-state index in [1.54, 1.807) is 0 Å². The molecule has 0 unspecified atom stereocenters. The molecule has 0 spiro atoms. The summed E-state index contributed by atoms with van der Waals surface area (Å²) in [6.07, 6.45) is 0.272. The normalized spacial score (nSPS) is 11.5. The van der Waals surface area contributed by atoms with Crippen molar-refractivity contribution in [2.45, 2.75) is 33.1 Å². The number of carboxylic acids is 1. The Morgan fingerprint density at radius 3 is 2.33 bits per heavy atom. The predicted molar refractivity (Wildman–Crippen MR) is 68.0 cm³/mol. The molecule has 0 bridgehead atoms. The highest BCUT2D eigenvalue weighted by atomic mass is 32.2. The third-order valence-corrected chi connectivity index (χ3v) is 4.12. The second kappa shape index (κ2) is 8.07. The summed E-state index contributed by atoms with van der Waals surface area (Å²) in [7, 11) is -3.17. The van der Waals surface area contributed by atoms with E-state index in [0.717, 1.165) is 0 Å². The quantitative estimate of drug-likeness (QED) is 0.596. The first-order chi connectivity index (χ1) is 8.23. The Hall–Kier alpha value is -1.11. The van der Waals surface area contributed by atoms with Crippen LogP contribution < -0.4 is 5.32 Å². The first kappa shape index (κ1) is 16.9. The van der Waals surface area contributed by atoms with E-state index in [9.17, 15) is 18.0 Å². The van der Waals surface area contributed by atoms with Crippen LogP contribution >= 0.6 is 0 Å². The highest BCUT2D eigenvalue weighted by molar-refractivity contribution is 7.91. The van der Waals surface area contributed by atoms with Crippen LogP contribution in [0.4, 0.5) is 0 Å². The number of aliphatic carboxylic acids is 1. The lowest BCUT2D eigenvalue weighted by atomic mass is 10.3. The van der Waals surface area contributed by atoms with E-state index in [-0.39, 0.29) is 42.7 Å². The molecule has 0 saturated heterocycles. The molecule has 0 aliphatic rings. The lowest BCUT2D eigenvalue weighted by Crippen LogP contribution is -2.27. The van der Waals surface area contributed by atoms with Crippen LogP contribution in [0.25, 0.3) is 0 Å². The largest absolute Gasteiger partial charge is 0.481 e. The van der Waals surface area contributed by atoms with Crippen molar-refractivity contribution in [3.63, 3.8) is 0 Å². The Balaban J connectivity index is 3.80. The van der Waals surface area contributed by atoms with Gasteiger partial charge in [-0.05, 0) is 12.3 Å². The molecule has 0 aromatic heterocycles. The fraction of sp³-hybridized carbons (Fsp3) is 0.818. The van der Waals surface area contributed by atoms with Gasteiger partial charge in [-0.2, -0.15) is 0 Å². The Morgan fingerprint density at radius 1 is 1.22 bits per heavy atom. The van der Waals surface area contributed by atoms with Crippen molar-refractivity contribution in [1.29, 1.82) is 0 Å². The van der Waals surface area contributed by atoms with Crippen LogP contribution in [0.1, 0.15) is 33.1 Å². The van der Waals surface area contributed by atoms with Gasteiger partial charge in [0.1, 0.15) is 0 Å². The minimum atomic E-state index is -3.17. The van der Waals surface area contributed by atoms with Crippen molar-refractivity contribution >= 4 is 21.7 Å². The summed E-state index contributed by atoms with van der Waals surface area (Å²) < 4.78 is 23.0. The molecule has 0 saturated carbocycles. The molecule has 6 nitrogen and oxygen atoms in total. The molecule has 0 aliphatic carbocycles. The van der Waals surface area contributed by atoms with E-state index in [4.69, 9.17) is 5.11 Å². The molecule has 2 N–H and O–H groups in total. The number of amides is 1. The zero-order chi connectivity index (χ0) is 14.2. The Kier molecular flexibility index (Phi) is 7.58. The fourth-order valence-corrected chi connectivity index (χ4v) is 3.07. The molecule has 0 radical (unpaired) electrons. The monoisotopic (exact) mass is 279 g/mol. The van der Waals surface area contributed by atoms with Crippen molar-refractivity contribution in [3.05, 3.63) is 0 Å². The van der Waals surface area contributed by atoms with Gasteiger partial charge in [0.15, 0.2) is 9.84 Å². The number of rotatable bonds is 9. The van der Waals surface area contributed by atoms with E-state index in [2.05, 4.69) is 5.32 Å². The summed E-state index contributed by atoms with van der Waals surface area (Å²) in [5, 5.41) is 10.9. The molecule has 18 heavy (non-hydrogen) atoms. The van der Waals surface area contributed by atoms with Gasteiger partial charge >= 0.3 is 5.97 Å². The number of carboxylic acid groups (broad SMARTS) is 1. The minimum Gasteiger partial charge on any atom is -0.481 e. The summed E-state index contributed by atoms with van der Waals surface area (Å²) in [5.41, 5.74) is 0. The van der Waals surface area contributed by atoms with Gasteiger partial charge in [-0.1, -0.05) is 13.8 Å². The standard InChI is InChI=1S/C11H21NO5S/c1-9(2)8-18(16,17)7-5-10(13)12-6-3-4-11(14)15/h9H,3-8H2,1-2H3,(H,12,13)(H,14,15). The first-order valence-electron chi connectivity index (χ1n) is 5.92. The molecule has 0 aliphatic heterocycles. The fourth-order valence-electron chi connectivity index (χ4n) is 1.40. The van der Waals surface area contributed by atoms with E-state index in [1.807, 2.05) is 13.8 Å². The lowest BCUT2D eigenvalue weighted by molar-refractivity contribution is -0.137. The highest BCUT2D eigenvalue weighted by Crippen LogP contribution is 2.02. The summed E-state index contributed by atoms with van der Waals surface area (Å²) in [6, 6.07) is 0. The molecular formula is C11H21NO5S. The average molecular weight is 279 g/mol. The van der Waals surface area contributed by atoms with Crippen LogP contribution in [-0.2, 0) is 19.4 Å². The van der Waals surface area contributed by atoms with E-state index in [1.165, 1.54) is 0 Å². The van der Waals surface area contributed by atoms with Crippen molar-refractivity contribution < 1.29 is 23.1 Å². The third-order valence-electron chi connectivity index (χ3n) is 2.12. The second-order valence-electron chi connectivity index (χ2n) is 4.61.